The molecule has 0 saturated heterocycles. The lowest BCUT2D eigenvalue weighted by Gasteiger charge is -2.28. The van der Waals surface area contributed by atoms with E-state index in [1.54, 1.807) is 0 Å². The Hall–Kier alpha value is -0.920. The molecule has 0 amide bonds. The van der Waals surface area contributed by atoms with Crippen LogP contribution in [-0.4, -0.2) is 10.2 Å². The molecule has 1 saturated carbocycles. The van der Waals surface area contributed by atoms with E-state index in [2.05, 4.69) is 36.2 Å². The topological polar surface area (TPSA) is 25.8 Å². The van der Waals surface area contributed by atoms with Gasteiger partial charge in [0, 0.05) is 5.92 Å². The highest BCUT2D eigenvalue weighted by Crippen LogP contribution is 2.36. The zero-order chi connectivity index (χ0) is 14.9. The standard InChI is InChI=1S/C19H32N2/c1-3-5-6-7-9-16-10-12-17(13-11-16)19-15-14-18(8-4-2)20-21-19/h14-17H,3-13H2,1-2H3. The Balaban J connectivity index is 1.73. The summed E-state index contributed by atoms with van der Waals surface area (Å²) in [5, 5.41) is 8.87. The summed E-state index contributed by atoms with van der Waals surface area (Å²) in [6.45, 7) is 4.48. The lowest BCUT2D eigenvalue weighted by molar-refractivity contribution is 0.298. The molecule has 21 heavy (non-hydrogen) atoms. The van der Waals surface area contributed by atoms with Crippen molar-refractivity contribution in [3.8, 4) is 0 Å². The minimum atomic E-state index is 0.667. The molecular weight excluding hydrogens is 256 g/mol. The first kappa shape index (κ1) is 16.5. The molecule has 1 heterocycles. The summed E-state index contributed by atoms with van der Waals surface area (Å²) in [5.41, 5.74) is 2.38. The third-order valence-corrected chi connectivity index (χ3v) is 4.98. The molecular formula is C19H32N2. The highest BCUT2D eigenvalue weighted by Gasteiger charge is 2.23. The highest BCUT2D eigenvalue weighted by atomic mass is 15.1. The van der Waals surface area contributed by atoms with Crippen LogP contribution in [0.15, 0.2) is 12.1 Å². The summed E-state index contributed by atoms with van der Waals surface area (Å²) in [6.07, 6.45) is 14.7. The molecule has 0 spiro atoms. The number of hydrogen-bond acceptors (Lipinski definition) is 2. The molecule has 1 aliphatic carbocycles. The van der Waals surface area contributed by atoms with Crippen molar-refractivity contribution in [1.82, 2.24) is 10.2 Å². The number of hydrogen-bond donors (Lipinski definition) is 0. The van der Waals surface area contributed by atoms with Gasteiger partial charge in [0.2, 0.25) is 0 Å². The van der Waals surface area contributed by atoms with Crippen LogP contribution in [-0.2, 0) is 6.42 Å². The SMILES string of the molecule is CCCCCCC1CCC(c2ccc(CCC)nn2)CC1. The summed E-state index contributed by atoms with van der Waals surface area (Å²) >= 11 is 0. The van der Waals surface area contributed by atoms with Gasteiger partial charge < -0.3 is 0 Å². The van der Waals surface area contributed by atoms with E-state index in [1.807, 2.05) is 0 Å². The summed E-state index contributed by atoms with van der Waals surface area (Å²) in [5.74, 6) is 1.64. The predicted octanol–water partition coefficient (Wildman–Crippen LogP) is 5.67. The van der Waals surface area contributed by atoms with Gasteiger partial charge in [-0.1, -0.05) is 52.4 Å². The molecule has 0 N–H and O–H groups in total. The Morgan fingerprint density at radius 1 is 0.905 bits per heavy atom. The van der Waals surface area contributed by atoms with Crippen molar-refractivity contribution in [2.75, 3.05) is 0 Å². The van der Waals surface area contributed by atoms with Crippen molar-refractivity contribution in [3.05, 3.63) is 23.5 Å². The van der Waals surface area contributed by atoms with Crippen molar-refractivity contribution in [1.29, 1.82) is 0 Å². The van der Waals surface area contributed by atoms with Crippen LogP contribution in [0, 0.1) is 5.92 Å². The molecule has 1 aliphatic rings. The molecule has 2 rings (SSSR count). The smallest absolute Gasteiger partial charge is 0.0662 e. The van der Waals surface area contributed by atoms with E-state index in [4.69, 9.17) is 0 Å². The minimum Gasteiger partial charge on any atom is -0.155 e. The molecule has 1 aromatic rings. The van der Waals surface area contributed by atoms with Crippen molar-refractivity contribution in [2.24, 2.45) is 5.92 Å². The van der Waals surface area contributed by atoms with E-state index in [0.29, 0.717) is 5.92 Å². The lowest BCUT2D eigenvalue weighted by atomic mass is 9.78. The second kappa shape index (κ2) is 9.17. The largest absolute Gasteiger partial charge is 0.155 e. The quantitative estimate of drug-likeness (QED) is 0.576. The molecule has 0 atom stereocenters. The number of aromatic nitrogens is 2. The van der Waals surface area contributed by atoms with Crippen LogP contribution in [0.5, 0.6) is 0 Å². The van der Waals surface area contributed by atoms with Gasteiger partial charge in [-0.15, -0.1) is 0 Å². The molecule has 0 aliphatic heterocycles. The molecule has 0 unspecified atom stereocenters. The molecule has 0 radical (unpaired) electrons. The fourth-order valence-corrected chi connectivity index (χ4v) is 3.58. The minimum absolute atomic E-state index is 0.667. The van der Waals surface area contributed by atoms with E-state index in [-0.39, 0.29) is 0 Å². The number of nitrogens with zero attached hydrogens (tertiary/aromatic N) is 2. The Kier molecular flexibility index (Phi) is 7.18. The Bertz CT molecular complexity index is 377. The normalized spacial score (nSPS) is 22.4. The Morgan fingerprint density at radius 2 is 1.71 bits per heavy atom. The third kappa shape index (κ3) is 5.41. The van der Waals surface area contributed by atoms with E-state index >= 15 is 0 Å². The zero-order valence-electron chi connectivity index (χ0n) is 14.0. The first-order valence-electron chi connectivity index (χ1n) is 9.16. The van der Waals surface area contributed by atoms with Gasteiger partial charge in [-0.25, -0.2) is 0 Å². The van der Waals surface area contributed by atoms with Crippen LogP contribution in [0.1, 0.15) is 95.4 Å². The summed E-state index contributed by atoms with van der Waals surface area (Å²) in [6, 6.07) is 4.41. The maximum Gasteiger partial charge on any atom is 0.0662 e. The number of rotatable bonds is 8. The second-order valence-electron chi connectivity index (χ2n) is 6.77. The van der Waals surface area contributed by atoms with Crippen LogP contribution in [0.2, 0.25) is 0 Å². The maximum atomic E-state index is 4.48. The van der Waals surface area contributed by atoms with Crippen molar-refractivity contribution in [3.63, 3.8) is 0 Å². The highest BCUT2D eigenvalue weighted by molar-refractivity contribution is 5.12. The molecule has 0 bridgehead atoms. The first-order chi connectivity index (χ1) is 10.3. The van der Waals surface area contributed by atoms with Crippen molar-refractivity contribution in [2.45, 2.75) is 90.4 Å². The molecule has 118 valence electrons. The predicted molar refractivity (Wildman–Crippen MR) is 89.5 cm³/mol. The number of aryl methyl sites for hydroxylation is 1. The third-order valence-electron chi connectivity index (χ3n) is 4.98. The van der Waals surface area contributed by atoms with Gasteiger partial charge in [0.25, 0.3) is 0 Å². The Labute approximate surface area is 130 Å². The van der Waals surface area contributed by atoms with E-state index in [9.17, 15) is 0 Å². The van der Waals surface area contributed by atoms with Gasteiger partial charge in [-0.05, 0) is 50.2 Å². The van der Waals surface area contributed by atoms with Gasteiger partial charge in [0.15, 0.2) is 0 Å². The Morgan fingerprint density at radius 3 is 2.33 bits per heavy atom. The van der Waals surface area contributed by atoms with Gasteiger partial charge in [-0.3, -0.25) is 0 Å². The second-order valence-corrected chi connectivity index (χ2v) is 6.77. The average molecular weight is 288 g/mol. The number of unbranched alkanes of at least 4 members (excludes halogenated alkanes) is 3. The van der Waals surface area contributed by atoms with E-state index in [1.165, 1.54) is 63.5 Å². The van der Waals surface area contributed by atoms with Gasteiger partial charge in [0.1, 0.15) is 0 Å². The molecule has 0 aromatic carbocycles. The first-order valence-corrected chi connectivity index (χ1v) is 9.16. The molecule has 2 heteroatoms. The van der Waals surface area contributed by atoms with Crippen LogP contribution in [0.25, 0.3) is 0 Å². The molecule has 1 aromatic heterocycles. The van der Waals surface area contributed by atoms with Crippen molar-refractivity contribution < 1.29 is 0 Å². The monoisotopic (exact) mass is 288 g/mol. The summed E-state index contributed by atoms with van der Waals surface area (Å²) in [7, 11) is 0. The van der Waals surface area contributed by atoms with E-state index < -0.39 is 0 Å². The molecule has 2 nitrogen and oxygen atoms in total. The zero-order valence-corrected chi connectivity index (χ0v) is 14.0. The summed E-state index contributed by atoms with van der Waals surface area (Å²) < 4.78 is 0. The van der Waals surface area contributed by atoms with Crippen LogP contribution >= 0.6 is 0 Å². The van der Waals surface area contributed by atoms with Crippen molar-refractivity contribution >= 4 is 0 Å². The average Bonchev–Trinajstić information content (AvgIpc) is 2.53. The summed E-state index contributed by atoms with van der Waals surface area (Å²) in [4.78, 5) is 0. The maximum absolute atomic E-state index is 4.48. The fourth-order valence-electron chi connectivity index (χ4n) is 3.58. The molecule has 1 fully saturated rings. The van der Waals surface area contributed by atoms with Gasteiger partial charge in [0.05, 0.1) is 11.4 Å². The fraction of sp³-hybridized carbons (Fsp3) is 0.789. The lowest BCUT2D eigenvalue weighted by Crippen LogP contribution is -2.15. The van der Waals surface area contributed by atoms with E-state index in [0.717, 1.165) is 24.5 Å². The van der Waals surface area contributed by atoms with Gasteiger partial charge in [-0.2, -0.15) is 10.2 Å². The van der Waals surface area contributed by atoms with Crippen LogP contribution in [0.3, 0.4) is 0 Å². The van der Waals surface area contributed by atoms with Gasteiger partial charge >= 0.3 is 0 Å². The van der Waals surface area contributed by atoms with Crippen LogP contribution < -0.4 is 0 Å². The van der Waals surface area contributed by atoms with Crippen LogP contribution in [0.4, 0.5) is 0 Å².